The van der Waals surface area contributed by atoms with Crippen molar-refractivity contribution >= 4 is 28.4 Å². The number of piperazine rings is 1. The first-order valence-corrected chi connectivity index (χ1v) is 10.5. The molecule has 1 fully saturated rings. The molecule has 0 aliphatic carbocycles. The number of halogens is 1. The van der Waals surface area contributed by atoms with Crippen molar-refractivity contribution in [1.29, 1.82) is 0 Å². The van der Waals surface area contributed by atoms with Crippen LogP contribution >= 0.6 is 11.6 Å². The lowest BCUT2D eigenvalue weighted by molar-refractivity contribution is 0.0954. The zero-order valence-electron chi connectivity index (χ0n) is 16.7. The summed E-state index contributed by atoms with van der Waals surface area (Å²) in [7, 11) is 2.17. The predicted octanol–water partition coefficient (Wildman–Crippen LogP) is 3.54. The third kappa shape index (κ3) is 4.99. The number of H-pyrrole nitrogens is 1. The summed E-state index contributed by atoms with van der Waals surface area (Å²) in [6, 6.07) is 13.8. The standard InChI is InChI=1S/C23H27ClN4O/c1-27-10-12-28(13-11-27)16-17-2-4-18(5-3-17)23(29)25-9-8-19-15-26-22-7-6-20(24)14-21(19)22/h2-7,14-15,26H,8-13,16H2,1H3,(H,25,29). The summed E-state index contributed by atoms with van der Waals surface area (Å²) in [6.45, 7) is 5.95. The quantitative estimate of drug-likeness (QED) is 0.653. The number of aromatic nitrogens is 1. The molecule has 5 nitrogen and oxygen atoms in total. The number of amides is 1. The van der Waals surface area contributed by atoms with Crippen LogP contribution in [0.25, 0.3) is 10.9 Å². The van der Waals surface area contributed by atoms with Crippen LogP contribution in [0.15, 0.2) is 48.7 Å². The Morgan fingerprint density at radius 1 is 1.10 bits per heavy atom. The third-order valence-electron chi connectivity index (χ3n) is 5.63. The van der Waals surface area contributed by atoms with Crippen molar-refractivity contribution in [2.75, 3.05) is 39.8 Å². The van der Waals surface area contributed by atoms with Crippen LogP contribution in [0.2, 0.25) is 5.02 Å². The van der Waals surface area contributed by atoms with Crippen LogP contribution in [0, 0.1) is 0 Å². The summed E-state index contributed by atoms with van der Waals surface area (Å²) in [6.07, 6.45) is 2.74. The van der Waals surface area contributed by atoms with Crippen molar-refractivity contribution in [1.82, 2.24) is 20.1 Å². The largest absolute Gasteiger partial charge is 0.361 e. The number of carbonyl (C=O) groups excluding carboxylic acids is 1. The smallest absolute Gasteiger partial charge is 0.251 e. The van der Waals surface area contributed by atoms with E-state index in [0.717, 1.165) is 60.6 Å². The highest BCUT2D eigenvalue weighted by molar-refractivity contribution is 6.31. The summed E-state index contributed by atoms with van der Waals surface area (Å²) in [5, 5.41) is 4.85. The zero-order chi connectivity index (χ0) is 20.2. The van der Waals surface area contributed by atoms with Crippen molar-refractivity contribution in [3.63, 3.8) is 0 Å². The van der Waals surface area contributed by atoms with E-state index < -0.39 is 0 Å². The molecule has 0 spiro atoms. The maximum absolute atomic E-state index is 12.5. The lowest BCUT2D eigenvalue weighted by atomic mass is 10.1. The minimum absolute atomic E-state index is 0.0333. The van der Waals surface area contributed by atoms with E-state index in [0.29, 0.717) is 12.1 Å². The molecular formula is C23H27ClN4O. The SMILES string of the molecule is CN1CCN(Cc2ccc(C(=O)NCCc3c[nH]c4ccc(Cl)cc34)cc2)CC1. The second-order valence-electron chi connectivity index (χ2n) is 7.79. The van der Waals surface area contributed by atoms with Crippen LogP contribution in [-0.2, 0) is 13.0 Å². The lowest BCUT2D eigenvalue weighted by Gasteiger charge is -2.32. The van der Waals surface area contributed by atoms with Crippen LogP contribution < -0.4 is 5.32 Å². The highest BCUT2D eigenvalue weighted by Gasteiger charge is 2.14. The Kier molecular flexibility index (Phi) is 6.19. The Morgan fingerprint density at radius 2 is 1.86 bits per heavy atom. The fourth-order valence-corrected chi connectivity index (χ4v) is 3.97. The number of nitrogens with zero attached hydrogens (tertiary/aromatic N) is 2. The van der Waals surface area contributed by atoms with Gasteiger partial charge in [0.25, 0.3) is 5.91 Å². The van der Waals surface area contributed by atoms with Crippen molar-refractivity contribution in [3.05, 3.63) is 70.4 Å². The van der Waals surface area contributed by atoms with E-state index in [1.54, 1.807) is 0 Å². The number of aromatic amines is 1. The molecule has 2 heterocycles. The normalized spacial score (nSPS) is 15.7. The van der Waals surface area contributed by atoms with E-state index in [9.17, 15) is 4.79 Å². The van der Waals surface area contributed by atoms with Crippen LogP contribution in [0.4, 0.5) is 0 Å². The summed E-state index contributed by atoms with van der Waals surface area (Å²) >= 11 is 6.10. The van der Waals surface area contributed by atoms with E-state index in [1.807, 2.05) is 36.5 Å². The van der Waals surface area contributed by atoms with Gasteiger partial charge in [0.15, 0.2) is 0 Å². The minimum atomic E-state index is -0.0333. The maximum Gasteiger partial charge on any atom is 0.251 e. The molecule has 2 aromatic carbocycles. The van der Waals surface area contributed by atoms with Gasteiger partial charge in [-0.15, -0.1) is 0 Å². The van der Waals surface area contributed by atoms with Gasteiger partial charge in [0.1, 0.15) is 0 Å². The summed E-state index contributed by atoms with van der Waals surface area (Å²) in [4.78, 5) is 20.5. The molecule has 6 heteroatoms. The van der Waals surface area contributed by atoms with Crippen molar-refractivity contribution in [3.8, 4) is 0 Å². The summed E-state index contributed by atoms with van der Waals surface area (Å²) < 4.78 is 0. The minimum Gasteiger partial charge on any atom is -0.361 e. The summed E-state index contributed by atoms with van der Waals surface area (Å²) in [5.41, 5.74) is 4.17. The fraction of sp³-hybridized carbons (Fsp3) is 0.348. The number of hydrogen-bond acceptors (Lipinski definition) is 3. The number of likely N-dealkylation sites (N-methyl/N-ethyl adjacent to an activating group) is 1. The third-order valence-corrected chi connectivity index (χ3v) is 5.86. The number of hydrogen-bond donors (Lipinski definition) is 2. The predicted molar refractivity (Wildman–Crippen MR) is 119 cm³/mol. The number of benzene rings is 2. The van der Waals surface area contributed by atoms with Gasteiger partial charge in [-0.05, 0) is 54.9 Å². The molecule has 0 atom stereocenters. The highest BCUT2D eigenvalue weighted by atomic mass is 35.5. The van der Waals surface area contributed by atoms with E-state index in [1.165, 1.54) is 5.56 Å². The average molecular weight is 411 g/mol. The van der Waals surface area contributed by atoms with Crippen molar-refractivity contribution in [2.24, 2.45) is 0 Å². The van der Waals surface area contributed by atoms with Crippen LogP contribution in [0.3, 0.4) is 0 Å². The molecule has 1 saturated heterocycles. The van der Waals surface area contributed by atoms with E-state index in [2.05, 4.69) is 39.3 Å². The molecule has 4 rings (SSSR count). The molecule has 2 N–H and O–H groups in total. The zero-order valence-corrected chi connectivity index (χ0v) is 17.5. The van der Waals surface area contributed by atoms with Gasteiger partial charge in [0.2, 0.25) is 0 Å². The molecule has 0 saturated carbocycles. The summed E-state index contributed by atoms with van der Waals surface area (Å²) in [5.74, 6) is -0.0333. The van der Waals surface area contributed by atoms with Gasteiger partial charge in [-0.3, -0.25) is 9.69 Å². The first kappa shape index (κ1) is 20.0. The molecule has 0 radical (unpaired) electrons. The Hall–Kier alpha value is -2.34. The second kappa shape index (κ2) is 8.99. The van der Waals surface area contributed by atoms with Crippen LogP contribution in [0.1, 0.15) is 21.5 Å². The van der Waals surface area contributed by atoms with Gasteiger partial charge in [0, 0.05) is 67.0 Å². The van der Waals surface area contributed by atoms with E-state index >= 15 is 0 Å². The fourth-order valence-electron chi connectivity index (χ4n) is 3.80. The molecule has 1 aliphatic rings. The van der Waals surface area contributed by atoms with Gasteiger partial charge < -0.3 is 15.2 Å². The van der Waals surface area contributed by atoms with Crippen LogP contribution in [-0.4, -0.2) is 60.5 Å². The first-order valence-electron chi connectivity index (χ1n) is 10.1. The molecule has 1 aromatic heterocycles. The molecular weight excluding hydrogens is 384 g/mol. The van der Waals surface area contributed by atoms with E-state index in [-0.39, 0.29) is 5.91 Å². The average Bonchev–Trinajstić information content (AvgIpc) is 3.12. The Bertz CT molecular complexity index is 974. The Morgan fingerprint density at radius 3 is 2.62 bits per heavy atom. The molecule has 152 valence electrons. The highest BCUT2D eigenvalue weighted by Crippen LogP contribution is 2.22. The van der Waals surface area contributed by atoms with Crippen LogP contribution in [0.5, 0.6) is 0 Å². The second-order valence-corrected chi connectivity index (χ2v) is 8.22. The number of fused-ring (bicyclic) bond motifs is 1. The molecule has 0 bridgehead atoms. The first-order chi connectivity index (χ1) is 14.1. The molecule has 0 unspecified atom stereocenters. The monoisotopic (exact) mass is 410 g/mol. The Labute approximate surface area is 176 Å². The molecule has 3 aromatic rings. The maximum atomic E-state index is 12.5. The molecule has 29 heavy (non-hydrogen) atoms. The van der Waals surface area contributed by atoms with Gasteiger partial charge in [-0.1, -0.05) is 23.7 Å². The lowest BCUT2D eigenvalue weighted by Crippen LogP contribution is -2.43. The number of nitrogens with one attached hydrogen (secondary N) is 2. The van der Waals surface area contributed by atoms with Gasteiger partial charge in [-0.2, -0.15) is 0 Å². The van der Waals surface area contributed by atoms with Gasteiger partial charge in [-0.25, -0.2) is 0 Å². The van der Waals surface area contributed by atoms with Crippen molar-refractivity contribution in [2.45, 2.75) is 13.0 Å². The van der Waals surface area contributed by atoms with Crippen molar-refractivity contribution < 1.29 is 4.79 Å². The number of carbonyl (C=O) groups is 1. The van der Waals surface area contributed by atoms with Gasteiger partial charge >= 0.3 is 0 Å². The van der Waals surface area contributed by atoms with E-state index in [4.69, 9.17) is 11.6 Å². The Balaban J connectivity index is 1.28. The van der Waals surface area contributed by atoms with Gasteiger partial charge in [0.05, 0.1) is 0 Å². The molecule has 1 aliphatic heterocycles. The number of rotatable bonds is 6. The topological polar surface area (TPSA) is 51.4 Å². The molecule has 1 amide bonds.